The number of hydrogen-bond acceptors (Lipinski definition) is 1. The first-order valence-electron chi connectivity index (χ1n) is 6.94. The van der Waals surface area contributed by atoms with E-state index in [4.69, 9.17) is 5.11 Å². The van der Waals surface area contributed by atoms with E-state index in [-0.39, 0.29) is 10.8 Å². The van der Waals surface area contributed by atoms with Crippen molar-refractivity contribution in [2.75, 3.05) is 6.54 Å². The average Bonchev–Trinajstić information content (AvgIpc) is 2.54. The molecule has 0 bridgehead atoms. The van der Waals surface area contributed by atoms with Crippen LogP contribution >= 0.6 is 0 Å². The molecule has 2 heteroatoms. The number of allylic oxidation sites excluding steroid dienone is 1. The molecule has 0 aliphatic carbocycles. The minimum absolute atomic E-state index is 0.167. The van der Waals surface area contributed by atoms with E-state index in [0.717, 1.165) is 6.54 Å². The number of azo groups is 2. The summed E-state index contributed by atoms with van der Waals surface area (Å²) in [6, 6.07) is 0.581. The summed E-state index contributed by atoms with van der Waals surface area (Å²) in [6.45, 7) is 15.0. The van der Waals surface area contributed by atoms with Gasteiger partial charge in [-0.3, -0.25) is 0 Å². The number of piperidine rings is 1. The molecule has 1 unspecified atom stereocenters. The maximum Gasteiger partial charge on any atom is 0.202 e. The van der Waals surface area contributed by atoms with Gasteiger partial charge in [-0.15, -0.1) is 4.70 Å². The van der Waals surface area contributed by atoms with E-state index in [1.165, 1.54) is 25.0 Å². The van der Waals surface area contributed by atoms with Crippen LogP contribution in [0.2, 0.25) is 0 Å². The molecule has 0 N–H and O–H groups in total. The van der Waals surface area contributed by atoms with Gasteiger partial charge in [-0.05, 0) is 17.0 Å². The van der Waals surface area contributed by atoms with Gasteiger partial charge in [0.1, 0.15) is 5.70 Å². The van der Waals surface area contributed by atoms with Crippen LogP contribution in [0.25, 0.3) is 0 Å². The van der Waals surface area contributed by atoms with Crippen molar-refractivity contribution in [1.29, 1.82) is 0 Å². The van der Waals surface area contributed by atoms with Gasteiger partial charge in [0.05, 0.1) is 0 Å². The lowest BCUT2D eigenvalue weighted by Crippen LogP contribution is -2.33. The smallest absolute Gasteiger partial charge is 0.116 e. The van der Waals surface area contributed by atoms with E-state index in [2.05, 4.69) is 46.2 Å². The van der Waals surface area contributed by atoms with Crippen molar-refractivity contribution in [2.45, 2.75) is 66.8 Å². The van der Waals surface area contributed by atoms with E-state index in [1.54, 1.807) is 5.57 Å². The fourth-order valence-electron chi connectivity index (χ4n) is 3.08. The highest BCUT2D eigenvalue weighted by Gasteiger charge is 2.46. The molecule has 0 aromatic carbocycles. The molecule has 0 saturated carbocycles. The molecule has 0 amide bonds. The zero-order valence-corrected chi connectivity index (χ0v) is 12.3. The van der Waals surface area contributed by atoms with Crippen LogP contribution < -0.4 is 0 Å². The lowest BCUT2D eigenvalue weighted by atomic mass is 9.74. The predicted molar refractivity (Wildman–Crippen MR) is 71.1 cm³/mol. The topological polar surface area (TPSA) is 15.4 Å². The van der Waals surface area contributed by atoms with Gasteiger partial charge in [0.2, 0.25) is 6.04 Å². The van der Waals surface area contributed by atoms with Crippen LogP contribution in [0.15, 0.2) is 16.4 Å². The first-order valence-corrected chi connectivity index (χ1v) is 6.94. The molecule has 1 saturated heterocycles. The van der Waals surface area contributed by atoms with Crippen molar-refractivity contribution < 1.29 is 4.70 Å². The third-order valence-corrected chi connectivity index (χ3v) is 3.81. The Balaban J connectivity index is 2.48. The Labute approximate surface area is 106 Å². The molecule has 1 atom stereocenters. The normalized spacial score (nSPS) is 26.0. The molecular weight excluding hydrogens is 208 g/mol. The van der Waals surface area contributed by atoms with Crippen molar-refractivity contribution in [3.63, 3.8) is 0 Å². The molecule has 0 aromatic rings. The fraction of sp³-hybridized carbons (Fsp3) is 0.867. The molecule has 2 nitrogen and oxygen atoms in total. The summed E-state index contributed by atoms with van der Waals surface area (Å²) in [7, 11) is 0. The summed E-state index contributed by atoms with van der Waals surface area (Å²) in [5.74, 6) is 0. The maximum absolute atomic E-state index is 4.94. The molecule has 2 aliphatic heterocycles. The van der Waals surface area contributed by atoms with Gasteiger partial charge in [0, 0.05) is 23.8 Å². The van der Waals surface area contributed by atoms with Crippen LogP contribution in [0.1, 0.15) is 60.8 Å². The summed E-state index contributed by atoms with van der Waals surface area (Å²) < 4.78 is 2.35. The lowest BCUT2D eigenvalue weighted by molar-refractivity contribution is -0.621. The number of nitrogens with zero attached hydrogens (tertiary/aromatic N) is 2. The van der Waals surface area contributed by atoms with Crippen molar-refractivity contribution in [3.05, 3.63) is 11.3 Å². The zero-order valence-electron chi connectivity index (χ0n) is 12.3. The first kappa shape index (κ1) is 12.8. The van der Waals surface area contributed by atoms with Crippen LogP contribution in [0.4, 0.5) is 0 Å². The van der Waals surface area contributed by atoms with Gasteiger partial charge >= 0.3 is 0 Å². The van der Waals surface area contributed by atoms with Gasteiger partial charge in [-0.25, -0.2) is 0 Å². The molecule has 0 spiro atoms. The third kappa shape index (κ3) is 2.31. The Morgan fingerprint density at radius 2 is 1.65 bits per heavy atom. The highest BCUT2D eigenvalue weighted by Crippen LogP contribution is 2.45. The SMILES string of the molecule is CC(C)(C)C1=C(C(C)(C)C)C2CCCC[N+]2=N1. The van der Waals surface area contributed by atoms with E-state index in [1.807, 2.05) is 0 Å². The third-order valence-electron chi connectivity index (χ3n) is 3.81. The highest BCUT2D eigenvalue weighted by molar-refractivity contribution is 5.28. The molecule has 17 heavy (non-hydrogen) atoms. The Hall–Kier alpha value is -0.660. The molecule has 1 fully saturated rings. The molecule has 2 aliphatic rings. The quantitative estimate of drug-likeness (QED) is 0.554. The van der Waals surface area contributed by atoms with E-state index < -0.39 is 0 Å². The minimum Gasteiger partial charge on any atom is -0.116 e. The van der Waals surface area contributed by atoms with Crippen LogP contribution in [0, 0.1) is 10.8 Å². The van der Waals surface area contributed by atoms with Crippen molar-refractivity contribution in [1.82, 2.24) is 0 Å². The Kier molecular flexibility index (Phi) is 2.95. The van der Waals surface area contributed by atoms with Crippen LogP contribution in [0.5, 0.6) is 0 Å². The van der Waals surface area contributed by atoms with E-state index >= 15 is 0 Å². The van der Waals surface area contributed by atoms with Gasteiger partial charge in [0.15, 0.2) is 6.54 Å². The molecular formula is C15H27N2+. The van der Waals surface area contributed by atoms with Crippen molar-refractivity contribution in [3.8, 4) is 0 Å². The monoisotopic (exact) mass is 235 g/mol. The summed E-state index contributed by atoms with van der Waals surface area (Å²) in [4.78, 5) is 0. The minimum atomic E-state index is 0.167. The second-order valence-electron chi connectivity index (χ2n) is 7.54. The second kappa shape index (κ2) is 3.93. The predicted octanol–water partition coefficient (Wildman–Crippen LogP) is 4.36. The summed E-state index contributed by atoms with van der Waals surface area (Å²) in [5.41, 5.74) is 3.34. The molecule has 0 aromatic heterocycles. The van der Waals surface area contributed by atoms with Gasteiger partial charge in [0.25, 0.3) is 0 Å². The van der Waals surface area contributed by atoms with Crippen molar-refractivity contribution in [2.24, 2.45) is 15.9 Å². The fourth-order valence-corrected chi connectivity index (χ4v) is 3.08. The van der Waals surface area contributed by atoms with Gasteiger partial charge in [-0.1, -0.05) is 41.5 Å². The lowest BCUT2D eigenvalue weighted by Gasteiger charge is -2.28. The number of rotatable bonds is 0. The molecule has 96 valence electrons. The average molecular weight is 235 g/mol. The second-order valence-corrected chi connectivity index (χ2v) is 7.54. The largest absolute Gasteiger partial charge is 0.202 e. The molecule has 2 rings (SSSR count). The van der Waals surface area contributed by atoms with Crippen LogP contribution in [-0.2, 0) is 0 Å². The maximum atomic E-state index is 4.94. The standard InChI is InChI=1S/C15H27N2/c1-14(2,3)12-11-9-7-8-10-17(11)16-13(12)15(4,5)6/h11H,7-10H2,1-6H3/q+1. The molecule has 2 heterocycles. The van der Waals surface area contributed by atoms with Gasteiger partial charge in [-0.2, -0.15) is 0 Å². The summed E-state index contributed by atoms with van der Waals surface area (Å²) >= 11 is 0. The molecule has 0 radical (unpaired) electrons. The van der Waals surface area contributed by atoms with Crippen LogP contribution in [-0.4, -0.2) is 17.3 Å². The van der Waals surface area contributed by atoms with E-state index in [9.17, 15) is 0 Å². The Bertz CT molecular complexity index is 375. The van der Waals surface area contributed by atoms with Crippen LogP contribution in [0.3, 0.4) is 0 Å². The van der Waals surface area contributed by atoms with E-state index in [0.29, 0.717) is 6.04 Å². The Morgan fingerprint density at radius 3 is 2.18 bits per heavy atom. The van der Waals surface area contributed by atoms with Gasteiger partial charge < -0.3 is 0 Å². The zero-order chi connectivity index (χ0) is 12.8. The number of hydrogen-bond donors (Lipinski definition) is 0. The number of fused-ring (bicyclic) bond motifs is 1. The van der Waals surface area contributed by atoms with Crippen molar-refractivity contribution >= 4 is 0 Å². The first-order chi connectivity index (χ1) is 7.71. The highest BCUT2D eigenvalue weighted by atomic mass is 15.3. The summed E-state index contributed by atoms with van der Waals surface area (Å²) in [5, 5.41) is 4.94. The Morgan fingerprint density at radius 1 is 1.00 bits per heavy atom. The summed E-state index contributed by atoms with van der Waals surface area (Å²) in [6.07, 6.45) is 3.94.